The molecule has 2 nitrogen and oxygen atoms in total. The van der Waals surface area contributed by atoms with E-state index >= 15 is 0 Å². The zero-order valence-electron chi connectivity index (χ0n) is 6.03. The number of aromatic nitrogens is 2. The highest BCUT2D eigenvalue weighted by Crippen LogP contribution is 2.38. The quantitative estimate of drug-likeness (QED) is 0.748. The van der Waals surface area contributed by atoms with Gasteiger partial charge in [-0.1, -0.05) is 15.9 Å². The molecule has 1 heterocycles. The van der Waals surface area contributed by atoms with Crippen LogP contribution in [0.1, 0.15) is 17.8 Å². The maximum Gasteiger partial charge on any atom is 0.118 e. The first-order valence-corrected chi connectivity index (χ1v) is 5.55. The molecule has 0 bridgehead atoms. The van der Waals surface area contributed by atoms with E-state index in [1.807, 2.05) is 0 Å². The zero-order valence-corrected chi connectivity index (χ0v) is 8.44. The van der Waals surface area contributed by atoms with E-state index in [1.54, 1.807) is 16.8 Å². The Kier molecular flexibility index (Phi) is 2.23. The fourth-order valence-corrected chi connectivity index (χ4v) is 2.71. The van der Waals surface area contributed by atoms with Gasteiger partial charge in [-0.2, -0.15) is 0 Å². The predicted octanol–water partition coefficient (Wildman–Crippen LogP) is 2.25. The minimum Gasteiger partial charge on any atom is -0.147 e. The summed E-state index contributed by atoms with van der Waals surface area (Å²) in [4.78, 5) is 0.635. The normalized spacial score (nSPS) is 20.1. The molecule has 0 radical (unpaired) electrons. The molecule has 1 unspecified atom stereocenters. The molecule has 1 atom stereocenters. The van der Waals surface area contributed by atoms with Gasteiger partial charge in [-0.15, -0.1) is 21.5 Å². The van der Waals surface area contributed by atoms with Crippen LogP contribution in [-0.4, -0.2) is 15.0 Å². The Bertz CT molecular complexity index is 220. The van der Waals surface area contributed by atoms with Crippen LogP contribution in [0.4, 0.5) is 0 Å². The van der Waals surface area contributed by atoms with Crippen molar-refractivity contribution in [3.8, 4) is 0 Å². The van der Waals surface area contributed by atoms with Gasteiger partial charge in [-0.05, 0) is 18.8 Å². The van der Waals surface area contributed by atoms with E-state index in [0.29, 0.717) is 4.83 Å². The number of alkyl halides is 1. The summed E-state index contributed by atoms with van der Waals surface area (Å²) in [5, 5.41) is 8.96. The lowest BCUT2D eigenvalue weighted by molar-refractivity contribution is 0.749. The average molecular weight is 233 g/mol. The van der Waals surface area contributed by atoms with Crippen molar-refractivity contribution in [1.82, 2.24) is 10.2 Å². The molecule has 1 aromatic heterocycles. The second kappa shape index (κ2) is 3.19. The zero-order chi connectivity index (χ0) is 7.68. The van der Waals surface area contributed by atoms with Gasteiger partial charge in [-0.25, -0.2) is 0 Å². The second-order valence-electron chi connectivity index (χ2n) is 2.89. The molecule has 0 spiro atoms. The summed E-state index contributed by atoms with van der Waals surface area (Å²) >= 11 is 5.31. The van der Waals surface area contributed by atoms with E-state index in [2.05, 4.69) is 26.1 Å². The Balaban J connectivity index is 1.89. The Morgan fingerprint density at radius 1 is 1.73 bits per heavy atom. The molecule has 1 saturated carbocycles. The highest BCUT2D eigenvalue weighted by atomic mass is 79.9. The third kappa shape index (κ3) is 1.99. The van der Waals surface area contributed by atoms with Gasteiger partial charge >= 0.3 is 0 Å². The third-order valence-corrected chi connectivity index (χ3v) is 3.70. The molecule has 1 aliphatic carbocycles. The average Bonchev–Trinajstić information content (AvgIpc) is 2.73. The molecule has 4 heteroatoms. The van der Waals surface area contributed by atoms with E-state index in [-0.39, 0.29) is 0 Å². The Morgan fingerprint density at radius 2 is 2.55 bits per heavy atom. The minimum atomic E-state index is 0.635. The van der Waals surface area contributed by atoms with Crippen molar-refractivity contribution in [3.63, 3.8) is 0 Å². The number of halogens is 1. The van der Waals surface area contributed by atoms with Gasteiger partial charge in [0.05, 0.1) is 0 Å². The van der Waals surface area contributed by atoms with Crippen LogP contribution in [0.3, 0.4) is 0 Å². The number of hydrogen-bond acceptors (Lipinski definition) is 3. The molecule has 0 aliphatic heterocycles. The van der Waals surface area contributed by atoms with Crippen LogP contribution in [-0.2, 0) is 6.42 Å². The largest absolute Gasteiger partial charge is 0.147 e. The van der Waals surface area contributed by atoms with E-state index in [4.69, 9.17) is 0 Å². The van der Waals surface area contributed by atoms with Crippen molar-refractivity contribution in [2.75, 3.05) is 0 Å². The van der Waals surface area contributed by atoms with Crippen molar-refractivity contribution >= 4 is 27.3 Å². The van der Waals surface area contributed by atoms with Crippen LogP contribution in [0.2, 0.25) is 0 Å². The fraction of sp³-hybridized carbons (Fsp3) is 0.714. The van der Waals surface area contributed by atoms with Crippen LogP contribution in [0, 0.1) is 5.92 Å². The summed E-state index contributed by atoms with van der Waals surface area (Å²) in [6.45, 7) is 0. The molecule has 0 aromatic carbocycles. The van der Waals surface area contributed by atoms with E-state index < -0.39 is 0 Å². The van der Waals surface area contributed by atoms with Gasteiger partial charge in [0.25, 0.3) is 0 Å². The third-order valence-electron chi connectivity index (χ3n) is 1.91. The minimum absolute atomic E-state index is 0.635. The Morgan fingerprint density at radius 3 is 3.09 bits per heavy atom. The van der Waals surface area contributed by atoms with E-state index in [0.717, 1.165) is 17.3 Å². The summed E-state index contributed by atoms with van der Waals surface area (Å²) in [6, 6.07) is 0. The second-order valence-corrected chi connectivity index (χ2v) is 4.98. The van der Waals surface area contributed by atoms with E-state index in [9.17, 15) is 0 Å². The SMILES string of the molecule is BrC(Cc1nncs1)C1CC1. The molecule has 1 fully saturated rings. The van der Waals surface area contributed by atoms with Crippen LogP contribution < -0.4 is 0 Å². The van der Waals surface area contributed by atoms with Gasteiger partial charge < -0.3 is 0 Å². The first-order chi connectivity index (χ1) is 5.36. The molecule has 60 valence electrons. The number of hydrogen-bond donors (Lipinski definition) is 0. The van der Waals surface area contributed by atoms with Gasteiger partial charge in [0.15, 0.2) is 0 Å². The first kappa shape index (κ1) is 7.68. The molecule has 1 aromatic rings. The summed E-state index contributed by atoms with van der Waals surface area (Å²) in [5.74, 6) is 0.902. The standard InChI is InChI=1S/C7H9BrN2S/c8-6(5-1-2-5)3-7-10-9-4-11-7/h4-6H,1-3H2. The monoisotopic (exact) mass is 232 g/mol. The maximum absolute atomic E-state index is 4.00. The summed E-state index contributed by atoms with van der Waals surface area (Å²) in [7, 11) is 0. The van der Waals surface area contributed by atoms with Crippen LogP contribution >= 0.6 is 27.3 Å². The van der Waals surface area contributed by atoms with Crippen molar-refractivity contribution in [1.29, 1.82) is 0 Å². The highest BCUT2D eigenvalue weighted by Gasteiger charge is 2.29. The molecule has 1 aliphatic rings. The highest BCUT2D eigenvalue weighted by molar-refractivity contribution is 9.09. The summed E-state index contributed by atoms with van der Waals surface area (Å²) in [6.07, 6.45) is 3.82. The molecule has 0 N–H and O–H groups in total. The van der Waals surface area contributed by atoms with Gasteiger partial charge in [-0.3, -0.25) is 0 Å². The number of rotatable bonds is 3. The van der Waals surface area contributed by atoms with Crippen LogP contribution in [0.25, 0.3) is 0 Å². The molecule has 2 rings (SSSR count). The smallest absolute Gasteiger partial charge is 0.118 e. The van der Waals surface area contributed by atoms with Gasteiger partial charge in [0.1, 0.15) is 10.5 Å². The molecular formula is C7H9BrN2S. The Hall–Kier alpha value is 0.0400. The lowest BCUT2D eigenvalue weighted by atomic mass is 10.2. The topological polar surface area (TPSA) is 25.8 Å². The molecular weight excluding hydrogens is 224 g/mol. The van der Waals surface area contributed by atoms with Crippen LogP contribution in [0.15, 0.2) is 5.51 Å². The Labute approximate surface area is 78.2 Å². The van der Waals surface area contributed by atoms with Crippen molar-refractivity contribution in [2.45, 2.75) is 24.1 Å². The van der Waals surface area contributed by atoms with Crippen molar-refractivity contribution < 1.29 is 0 Å². The summed E-state index contributed by atoms with van der Waals surface area (Å²) < 4.78 is 0. The fourth-order valence-electron chi connectivity index (χ4n) is 1.08. The lowest BCUT2D eigenvalue weighted by Crippen LogP contribution is -2.04. The summed E-state index contributed by atoms with van der Waals surface area (Å²) in [5.41, 5.74) is 1.79. The van der Waals surface area contributed by atoms with E-state index in [1.165, 1.54) is 12.8 Å². The predicted molar refractivity (Wildman–Crippen MR) is 49.1 cm³/mol. The van der Waals surface area contributed by atoms with Gasteiger partial charge in [0.2, 0.25) is 0 Å². The van der Waals surface area contributed by atoms with Crippen molar-refractivity contribution in [3.05, 3.63) is 10.5 Å². The van der Waals surface area contributed by atoms with Crippen LogP contribution in [0.5, 0.6) is 0 Å². The van der Waals surface area contributed by atoms with Crippen molar-refractivity contribution in [2.24, 2.45) is 5.92 Å². The molecule has 0 amide bonds. The lowest BCUT2D eigenvalue weighted by Gasteiger charge is -2.02. The molecule has 0 saturated heterocycles. The first-order valence-electron chi connectivity index (χ1n) is 3.75. The maximum atomic E-state index is 4.00. The number of nitrogens with zero attached hydrogens (tertiary/aromatic N) is 2. The molecule has 11 heavy (non-hydrogen) atoms. The van der Waals surface area contributed by atoms with Gasteiger partial charge in [0, 0.05) is 11.2 Å².